The number of carbonyl (C=O) groups excluding carboxylic acids is 3. The summed E-state index contributed by atoms with van der Waals surface area (Å²) in [6, 6.07) is 12.5. The van der Waals surface area contributed by atoms with Crippen LogP contribution in [0.4, 0.5) is 0 Å². The monoisotopic (exact) mass is 537 g/mol. The van der Waals surface area contributed by atoms with E-state index in [4.69, 9.17) is 18.9 Å². The second-order valence-corrected chi connectivity index (χ2v) is 10.2. The summed E-state index contributed by atoms with van der Waals surface area (Å²) in [6.45, 7) is 2.17. The molecule has 39 heavy (non-hydrogen) atoms. The van der Waals surface area contributed by atoms with Crippen LogP contribution in [-0.4, -0.2) is 74.8 Å². The first-order valence-electron chi connectivity index (χ1n) is 13.5. The van der Waals surface area contributed by atoms with Crippen LogP contribution < -0.4 is 24.8 Å². The van der Waals surface area contributed by atoms with E-state index in [0.29, 0.717) is 69.4 Å². The molecule has 3 amide bonds. The van der Waals surface area contributed by atoms with Crippen LogP contribution >= 0.6 is 0 Å². The Hall–Kier alpha value is -3.79. The molecule has 0 unspecified atom stereocenters. The number of benzene rings is 2. The third kappa shape index (κ3) is 6.81. The van der Waals surface area contributed by atoms with E-state index in [1.807, 2.05) is 35.2 Å². The highest BCUT2D eigenvalue weighted by Crippen LogP contribution is 2.29. The number of carbonyl (C=O) groups is 3. The van der Waals surface area contributed by atoms with Crippen molar-refractivity contribution in [2.45, 2.75) is 44.4 Å². The zero-order valence-electron chi connectivity index (χ0n) is 22.1. The summed E-state index contributed by atoms with van der Waals surface area (Å²) < 4.78 is 22.8. The Morgan fingerprint density at radius 2 is 1.74 bits per heavy atom. The van der Waals surface area contributed by atoms with Gasteiger partial charge in [0.05, 0.1) is 19.7 Å². The maximum Gasteiger partial charge on any atom is 0.258 e. The highest BCUT2D eigenvalue weighted by Gasteiger charge is 2.40. The van der Waals surface area contributed by atoms with Crippen LogP contribution in [0.1, 0.15) is 30.4 Å². The van der Waals surface area contributed by atoms with Crippen LogP contribution in [0.25, 0.3) is 0 Å². The highest BCUT2D eigenvalue weighted by molar-refractivity contribution is 5.80. The van der Waals surface area contributed by atoms with Gasteiger partial charge in [0.1, 0.15) is 11.9 Å². The molecular weight excluding hydrogens is 502 g/mol. The van der Waals surface area contributed by atoms with Crippen LogP contribution in [0.3, 0.4) is 0 Å². The van der Waals surface area contributed by atoms with E-state index < -0.39 is 0 Å². The Labute approximate surface area is 227 Å². The second-order valence-electron chi connectivity index (χ2n) is 10.2. The van der Waals surface area contributed by atoms with Crippen molar-refractivity contribution in [3.8, 4) is 17.2 Å². The molecule has 2 N–H and O–H groups in total. The zero-order chi connectivity index (χ0) is 27.2. The first-order valence-corrected chi connectivity index (χ1v) is 13.5. The number of aryl methyl sites for hydroxylation is 1. The predicted molar refractivity (Wildman–Crippen MR) is 142 cm³/mol. The molecule has 4 aliphatic heterocycles. The van der Waals surface area contributed by atoms with Gasteiger partial charge in [0.25, 0.3) is 5.91 Å². The number of likely N-dealkylation sites (tertiary alicyclic amines) is 1. The van der Waals surface area contributed by atoms with Gasteiger partial charge in [-0.05, 0) is 54.7 Å². The Morgan fingerprint density at radius 3 is 2.51 bits per heavy atom. The van der Waals surface area contributed by atoms with Gasteiger partial charge in [0.15, 0.2) is 18.1 Å². The molecule has 2 saturated heterocycles. The molecule has 4 bridgehead atoms. The third-order valence-electron chi connectivity index (χ3n) is 7.42. The van der Waals surface area contributed by atoms with Crippen LogP contribution in [0, 0.1) is 5.92 Å². The van der Waals surface area contributed by atoms with Gasteiger partial charge >= 0.3 is 0 Å². The maximum absolute atomic E-state index is 13.2. The molecule has 10 heteroatoms. The molecule has 0 aromatic heterocycles. The molecular formula is C29H35N3O7. The molecule has 0 spiro atoms. The van der Waals surface area contributed by atoms with Crippen molar-refractivity contribution in [1.29, 1.82) is 0 Å². The van der Waals surface area contributed by atoms with Gasteiger partial charge in [-0.3, -0.25) is 14.4 Å². The fourth-order valence-corrected chi connectivity index (χ4v) is 5.20. The molecule has 6 rings (SSSR count). The summed E-state index contributed by atoms with van der Waals surface area (Å²) in [6.07, 6.45) is 1.76. The molecule has 2 fully saturated rings. The number of nitrogens with one attached hydrogen (secondary N) is 2. The van der Waals surface area contributed by atoms with Crippen LogP contribution in [0.2, 0.25) is 0 Å². The van der Waals surface area contributed by atoms with Gasteiger partial charge in [0.2, 0.25) is 11.8 Å². The summed E-state index contributed by atoms with van der Waals surface area (Å²) in [5, 5.41) is 5.97. The van der Waals surface area contributed by atoms with E-state index in [1.165, 1.54) is 7.11 Å². The summed E-state index contributed by atoms with van der Waals surface area (Å²) in [5.74, 6) is 1.24. The van der Waals surface area contributed by atoms with Crippen LogP contribution in [0.15, 0.2) is 42.5 Å². The molecule has 2 atom stereocenters. The van der Waals surface area contributed by atoms with Crippen molar-refractivity contribution >= 4 is 17.7 Å². The number of methoxy groups -OCH3 is 1. The average Bonchev–Trinajstić information content (AvgIpc) is 3.35. The average molecular weight is 538 g/mol. The molecule has 0 saturated carbocycles. The van der Waals surface area contributed by atoms with E-state index in [0.717, 1.165) is 11.1 Å². The van der Waals surface area contributed by atoms with Crippen LogP contribution in [0.5, 0.6) is 17.2 Å². The molecule has 0 radical (unpaired) electrons. The van der Waals surface area contributed by atoms with Crippen molar-refractivity contribution in [3.63, 3.8) is 0 Å². The van der Waals surface area contributed by atoms with Gasteiger partial charge in [-0.25, -0.2) is 0 Å². The van der Waals surface area contributed by atoms with E-state index >= 15 is 0 Å². The lowest BCUT2D eigenvalue weighted by Gasteiger charge is -2.26. The number of amides is 3. The first kappa shape index (κ1) is 26.8. The minimum Gasteiger partial charge on any atom is -0.493 e. The van der Waals surface area contributed by atoms with Crippen molar-refractivity contribution in [1.82, 2.24) is 15.5 Å². The first-order chi connectivity index (χ1) is 19.0. The lowest BCUT2D eigenvalue weighted by Crippen LogP contribution is -2.45. The van der Waals surface area contributed by atoms with Gasteiger partial charge in [-0.15, -0.1) is 0 Å². The number of nitrogens with zero attached hydrogens (tertiary/aromatic N) is 1. The Bertz CT molecular complexity index is 1180. The lowest BCUT2D eigenvalue weighted by atomic mass is 9.99. The number of rotatable bonds is 2. The molecule has 4 aliphatic rings. The van der Waals surface area contributed by atoms with Crippen molar-refractivity contribution in [2.75, 3.05) is 40.0 Å². The summed E-state index contributed by atoms with van der Waals surface area (Å²) in [4.78, 5) is 40.5. The number of hydrogen-bond donors (Lipinski definition) is 2. The molecule has 208 valence electrons. The molecule has 10 nitrogen and oxygen atoms in total. The number of ether oxygens (including phenoxy) is 4. The fourth-order valence-electron chi connectivity index (χ4n) is 5.20. The molecule has 2 aromatic rings. The normalized spacial score (nSPS) is 22.7. The van der Waals surface area contributed by atoms with Crippen molar-refractivity contribution in [2.24, 2.45) is 5.92 Å². The summed E-state index contributed by atoms with van der Waals surface area (Å²) in [5.41, 5.74) is 1.79. The predicted octanol–water partition coefficient (Wildman–Crippen LogP) is 1.84. The van der Waals surface area contributed by atoms with Gasteiger partial charge in [-0.2, -0.15) is 0 Å². The topological polar surface area (TPSA) is 115 Å². The summed E-state index contributed by atoms with van der Waals surface area (Å²) in [7, 11) is 1.54. The van der Waals surface area contributed by atoms with E-state index in [-0.39, 0.29) is 48.8 Å². The van der Waals surface area contributed by atoms with Crippen LogP contribution in [-0.2, 0) is 32.1 Å². The Morgan fingerprint density at radius 1 is 0.974 bits per heavy atom. The molecule has 0 aliphatic carbocycles. The SMILES string of the molecule is COc1ccc2cc1OCC(=O)NCc1ccc(cc1)O[C@H]1CN(C(=O)C3CCOCC3)C[C@@H]1NC(=O)CC2. The zero-order valence-corrected chi connectivity index (χ0v) is 22.1. The quantitative estimate of drug-likeness (QED) is 0.601. The van der Waals surface area contributed by atoms with E-state index in [1.54, 1.807) is 12.1 Å². The maximum atomic E-state index is 13.2. The van der Waals surface area contributed by atoms with Gasteiger partial charge in [0, 0.05) is 38.6 Å². The van der Waals surface area contributed by atoms with Crippen molar-refractivity contribution in [3.05, 3.63) is 53.6 Å². The van der Waals surface area contributed by atoms with Gasteiger partial charge in [-0.1, -0.05) is 18.2 Å². The second kappa shape index (κ2) is 12.4. The van der Waals surface area contributed by atoms with Crippen molar-refractivity contribution < 1.29 is 33.3 Å². The fraction of sp³-hybridized carbons (Fsp3) is 0.483. The smallest absolute Gasteiger partial charge is 0.258 e. The minimum atomic E-state index is -0.383. The van der Waals surface area contributed by atoms with E-state index in [2.05, 4.69) is 10.6 Å². The highest BCUT2D eigenvalue weighted by atomic mass is 16.5. The Kier molecular flexibility index (Phi) is 8.51. The minimum absolute atomic E-state index is 0.0617. The van der Waals surface area contributed by atoms with E-state index in [9.17, 15) is 14.4 Å². The Balaban J connectivity index is 1.35. The van der Waals surface area contributed by atoms with Gasteiger partial charge < -0.3 is 34.5 Å². The molecule has 2 aromatic carbocycles. The number of hydrogen-bond acceptors (Lipinski definition) is 7. The summed E-state index contributed by atoms with van der Waals surface area (Å²) >= 11 is 0. The standard InChI is InChI=1S/C29H35N3O7/c1-36-24-8-4-19-5-9-27(33)31-23-16-32(29(35)21-10-12-37-13-11-21)17-26(23)39-22-6-2-20(3-7-22)15-30-28(34)18-38-25(24)14-19/h2-4,6-8,14,21,23,26H,5,9-13,15-18H2,1H3,(H,30,34)(H,31,33)/t23-,26-/m0/s1. The third-order valence-corrected chi connectivity index (χ3v) is 7.42. The lowest BCUT2D eigenvalue weighted by molar-refractivity contribution is -0.138. The number of fused-ring (bicyclic) bond motifs is 9. The largest absolute Gasteiger partial charge is 0.493 e. The molecule has 4 heterocycles.